The number of likely N-dealkylation sites (tertiary alicyclic amines) is 1. The summed E-state index contributed by atoms with van der Waals surface area (Å²) in [5, 5.41) is 5.66. The molecule has 10 nitrogen and oxygen atoms in total. The normalized spacial score (nSPS) is 22.4. The number of nitrogens with one attached hydrogen (secondary N) is 1. The summed E-state index contributed by atoms with van der Waals surface area (Å²) in [4.78, 5) is 38.7. The number of rotatable bonds is 4. The van der Waals surface area contributed by atoms with Gasteiger partial charge in [0.25, 0.3) is 11.5 Å². The van der Waals surface area contributed by atoms with Gasteiger partial charge < -0.3 is 19.4 Å². The zero-order chi connectivity index (χ0) is 24.8. The second kappa shape index (κ2) is 8.98. The van der Waals surface area contributed by atoms with Gasteiger partial charge in [0.2, 0.25) is 0 Å². The first kappa shape index (κ1) is 22.6. The summed E-state index contributed by atoms with van der Waals surface area (Å²) in [6, 6.07) is 5.38. The summed E-state index contributed by atoms with van der Waals surface area (Å²) < 4.78 is 28.0. The smallest absolute Gasteiger partial charge is 0.316 e. The Balaban J connectivity index is 1.32. The molecule has 11 heteroatoms. The summed E-state index contributed by atoms with van der Waals surface area (Å²) in [6.45, 7) is 3.22. The van der Waals surface area contributed by atoms with Crippen molar-refractivity contribution < 1.29 is 18.7 Å². The van der Waals surface area contributed by atoms with Crippen molar-refractivity contribution in [2.75, 3.05) is 26.3 Å². The van der Waals surface area contributed by atoms with E-state index in [4.69, 9.17) is 9.47 Å². The van der Waals surface area contributed by atoms with Crippen molar-refractivity contribution in [1.82, 2.24) is 29.6 Å². The number of carbonyl (C=O) groups is 1. The van der Waals surface area contributed by atoms with Gasteiger partial charge in [0.15, 0.2) is 6.17 Å². The Bertz CT molecular complexity index is 1500. The monoisotopic (exact) mass is 492 g/mol. The average molecular weight is 493 g/mol. The van der Waals surface area contributed by atoms with Crippen LogP contribution in [0.25, 0.3) is 21.8 Å². The first-order valence-electron chi connectivity index (χ1n) is 12.0. The minimum absolute atomic E-state index is 0.0212. The largest absolute Gasteiger partial charge is 0.457 e. The van der Waals surface area contributed by atoms with Crippen LogP contribution >= 0.6 is 0 Å². The second-order valence-electron chi connectivity index (χ2n) is 9.28. The van der Waals surface area contributed by atoms with E-state index in [0.717, 1.165) is 11.8 Å². The molecule has 0 unspecified atom stereocenters. The molecule has 3 atom stereocenters. The Morgan fingerprint density at radius 3 is 2.81 bits per heavy atom. The van der Waals surface area contributed by atoms with Crippen molar-refractivity contribution in [3.05, 3.63) is 58.3 Å². The van der Waals surface area contributed by atoms with E-state index in [1.54, 1.807) is 24.4 Å². The molecule has 2 aliphatic rings. The SMILES string of the molecule is Cc1cc2[nH]c(=O)c3cnn([C@H]4CCOC4)c3c2cc1C(=O)N1CC[C@H](Oc2ncccn2)[C@H](F)C1. The summed E-state index contributed by atoms with van der Waals surface area (Å²) in [5.41, 5.74) is 2.23. The average Bonchev–Trinajstić information content (AvgIpc) is 3.56. The summed E-state index contributed by atoms with van der Waals surface area (Å²) in [5.74, 6) is -0.263. The Kier molecular flexibility index (Phi) is 5.63. The quantitative estimate of drug-likeness (QED) is 0.466. The van der Waals surface area contributed by atoms with Crippen LogP contribution in [0.5, 0.6) is 6.01 Å². The van der Waals surface area contributed by atoms with Crippen LogP contribution in [0.3, 0.4) is 0 Å². The van der Waals surface area contributed by atoms with Gasteiger partial charge in [-0.15, -0.1) is 0 Å². The topological polar surface area (TPSA) is 115 Å². The number of aryl methyl sites for hydroxylation is 1. The van der Waals surface area contributed by atoms with Crippen LogP contribution in [0, 0.1) is 6.92 Å². The first-order valence-corrected chi connectivity index (χ1v) is 12.0. The number of alkyl halides is 1. The number of fused-ring (bicyclic) bond motifs is 3. The van der Waals surface area contributed by atoms with E-state index in [1.165, 1.54) is 17.3 Å². The third kappa shape index (κ3) is 3.89. The predicted molar refractivity (Wildman–Crippen MR) is 129 cm³/mol. The number of hydrogen-bond acceptors (Lipinski definition) is 7. The molecule has 2 fully saturated rings. The van der Waals surface area contributed by atoms with Gasteiger partial charge in [-0.1, -0.05) is 0 Å². The van der Waals surface area contributed by atoms with Crippen LogP contribution in [-0.2, 0) is 4.74 Å². The van der Waals surface area contributed by atoms with E-state index in [2.05, 4.69) is 20.1 Å². The molecular formula is C25H25FN6O4. The van der Waals surface area contributed by atoms with Crippen LogP contribution in [0.4, 0.5) is 4.39 Å². The van der Waals surface area contributed by atoms with Crippen LogP contribution < -0.4 is 10.3 Å². The molecule has 1 amide bonds. The predicted octanol–water partition coefficient (Wildman–Crippen LogP) is 2.57. The fraction of sp³-hybridized carbons (Fsp3) is 0.400. The zero-order valence-corrected chi connectivity index (χ0v) is 19.7. The van der Waals surface area contributed by atoms with Crippen molar-refractivity contribution in [1.29, 1.82) is 0 Å². The summed E-state index contributed by atoms with van der Waals surface area (Å²) in [7, 11) is 0. The number of carbonyl (C=O) groups excluding carboxylic acids is 1. The fourth-order valence-corrected chi connectivity index (χ4v) is 5.07. The molecule has 1 aromatic carbocycles. The fourth-order valence-electron chi connectivity index (χ4n) is 5.07. The number of benzene rings is 1. The molecular weight excluding hydrogens is 467 g/mol. The lowest BCUT2D eigenvalue weighted by Gasteiger charge is -2.34. The summed E-state index contributed by atoms with van der Waals surface area (Å²) >= 11 is 0. The van der Waals surface area contributed by atoms with Gasteiger partial charge in [-0.2, -0.15) is 5.10 Å². The van der Waals surface area contributed by atoms with Gasteiger partial charge in [0, 0.05) is 42.9 Å². The number of nitrogens with zero attached hydrogens (tertiary/aromatic N) is 5. The molecule has 0 bridgehead atoms. The van der Waals surface area contributed by atoms with Crippen molar-refractivity contribution in [2.24, 2.45) is 0 Å². The van der Waals surface area contributed by atoms with Gasteiger partial charge in [-0.25, -0.2) is 14.4 Å². The van der Waals surface area contributed by atoms with Crippen LogP contribution in [0.15, 0.2) is 41.6 Å². The van der Waals surface area contributed by atoms with Gasteiger partial charge >= 0.3 is 6.01 Å². The molecule has 3 aromatic heterocycles. The lowest BCUT2D eigenvalue weighted by Crippen LogP contribution is -2.49. The highest BCUT2D eigenvalue weighted by molar-refractivity contribution is 6.07. The van der Waals surface area contributed by atoms with Crippen LogP contribution in [0.1, 0.15) is 34.8 Å². The molecule has 0 saturated carbocycles. The number of amides is 1. The number of ether oxygens (including phenoxy) is 2. The van der Waals surface area contributed by atoms with Gasteiger partial charge in [0.05, 0.1) is 41.8 Å². The molecule has 1 N–H and O–H groups in total. The first-order chi connectivity index (χ1) is 17.5. The number of hydrogen-bond donors (Lipinski definition) is 1. The Morgan fingerprint density at radius 2 is 2.06 bits per heavy atom. The van der Waals surface area contributed by atoms with E-state index in [9.17, 15) is 9.59 Å². The minimum atomic E-state index is -1.38. The van der Waals surface area contributed by atoms with Crippen molar-refractivity contribution >= 4 is 27.7 Å². The van der Waals surface area contributed by atoms with E-state index < -0.39 is 12.3 Å². The third-order valence-corrected chi connectivity index (χ3v) is 6.96. The maximum Gasteiger partial charge on any atom is 0.316 e. The Labute approximate surface area is 205 Å². The summed E-state index contributed by atoms with van der Waals surface area (Å²) in [6.07, 6.45) is 3.65. The molecule has 2 saturated heterocycles. The number of pyridine rings is 1. The third-order valence-electron chi connectivity index (χ3n) is 6.96. The molecule has 4 aromatic rings. The molecule has 0 aliphatic carbocycles. The maximum absolute atomic E-state index is 15.0. The number of aromatic nitrogens is 5. The second-order valence-corrected chi connectivity index (χ2v) is 9.28. The minimum Gasteiger partial charge on any atom is -0.457 e. The van der Waals surface area contributed by atoms with Crippen LogP contribution in [-0.4, -0.2) is 74.1 Å². The molecule has 186 valence electrons. The molecule has 2 aliphatic heterocycles. The number of aromatic amines is 1. The van der Waals surface area contributed by atoms with E-state index >= 15 is 4.39 Å². The van der Waals surface area contributed by atoms with Crippen molar-refractivity contribution in [3.63, 3.8) is 0 Å². The zero-order valence-electron chi connectivity index (χ0n) is 19.7. The van der Waals surface area contributed by atoms with E-state index in [-0.39, 0.29) is 30.1 Å². The van der Waals surface area contributed by atoms with Crippen LogP contribution in [0.2, 0.25) is 0 Å². The lowest BCUT2D eigenvalue weighted by molar-refractivity contribution is 0.0164. The van der Waals surface area contributed by atoms with Gasteiger partial charge in [-0.3, -0.25) is 14.3 Å². The van der Waals surface area contributed by atoms with Crippen molar-refractivity contribution in [3.8, 4) is 6.01 Å². The molecule has 6 rings (SSSR count). The lowest BCUT2D eigenvalue weighted by atomic mass is 10.00. The highest BCUT2D eigenvalue weighted by Crippen LogP contribution is 2.30. The van der Waals surface area contributed by atoms with E-state index in [0.29, 0.717) is 53.7 Å². The van der Waals surface area contributed by atoms with E-state index in [1.807, 2.05) is 11.6 Å². The molecule has 5 heterocycles. The van der Waals surface area contributed by atoms with Gasteiger partial charge in [0.1, 0.15) is 6.10 Å². The number of piperidine rings is 1. The molecule has 0 radical (unpaired) electrons. The van der Waals surface area contributed by atoms with Gasteiger partial charge in [-0.05, 0) is 37.1 Å². The highest BCUT2D eigenvalue weighted by atomic mass is 19.1. The highest BCUT2D eigenvalue weighted by Gasteiger charge is 2.34. The Hall–Kier alpha value is -3.86. The number of halogens is 1. The maximum atomic E-state index is 15.0. The molecule has 0 spiro atoms. The number of H-pyrrole nitrogens is 1. The Morgan fingerprint density at radius 1 is 1.22 bits per heavy atom. The van der Waals surface area contributed by atoms with Crippen molar-refractivity contribution in [2.45, 2.75) is 38.1 Å². The molecule has 36 heavy (non-hydrogen) atoms. The standard InChI is InChI=1S/C25H25FN6O4/c1-14-9-20-17(22-18(23(33)30-20)11-29-32(22)15-4-8-35-13-15)10-16(14)24(34)31-7-3-21(19(26)12-31)36-25-27-5-2-6-28-25/h2,5-6,9-11,15,19,21H,3-4,7-8,12-13H2,1H3,(H,30,33)/t15-,19+,21-/m0/s1.